The Bertz CT molecular complexity index is 1060. The van der Waals surface area contributed by atoms with Gasteiger partial charge in [-0.25, -0.2) is 14.0 Å². The maximum Gasteiger partial charge on any atom is 0.340 e. The quantitative estimate of drug-likeness (QED) is 0.400. The summed E-state index contributed by atoms with van der Waals surface area (Å²) in [5.41, 5.74) is 0.316. The summed E-state index contributed by atoms with van der Waals surface area (Å²) >= 11 is 0. The number of nitrogens with one attached hydrogen (secondary N) is 2. The van der Waals surface area contributed by atoms with Gasteiger partial charge in [-0.05, 0) is 50.5 Å². The molecule has 0 saturated carbocycles. The first-order chi connectivity index (χ1) is 14.7. The SMILES string of the molecule is CCOC(=O)c1c(C)[nH]c(C(=O)CN2C(=O)N[C@@](CC)(c3ccc(F)cc3)C2=O)c1C. The fraction of sp³-hybridized carbons (Fsp3) is 0.364. The number of urea groups is 1. The van der Waals surface area contributed by atoms with E-state index in [0.717, 1.165) is 4.90 Å². The van der Waals surface area contributed by atoms with Gasteiger partial charge >= 0.3 is 12.0 Å². The van der Waals surface area contributed by atoms with Gasteiger partial charge in [0.25, 0.3) is 5.91 Å². The number of ketones is 1. The second kappa shape index (κ2) is 8.33. The molecule has 1 aromatic heterocycles. The number of ether oxygens (including phenoxy) is 1. The maximum absolute atomic E-state index is 13.3. The van der Waals surface area contributed by atoms with E-state index in [-0.39, 0.29) is 24.3 Å². The summed E-state index contributed by atoms with van der Waals surface area (Å²) in [7, 11) is 0. The number of hydrogen-bond acceptors (Lipinski definition) is 5. The Morgan fingerprint density at radius 1 is 1.13 bits per heavy atom. The van der Waals surface area contributed by atoms with Gasteiger partial charge in [-0.2, -0.15) is 0 Å². The predicted octanol–water partition coefficient (Wildman–Crippen LogP) is 2.99. The summed E-state index contributed by atoms with van der Waals surface area (Å²) < 4.78 is 18.4. The summed E-state index contributed by atoms with van der Waals surface area (Å²) in [6.45, 7) is 6.33. The lowest BCUT2D eigenvalue weighted by Crippen LogP contribution is -2.43. The van der Waals surface area contributed by atoms with Crippen molar-refractivity contribution < 1.29 is 28.3 Å². The van der Waals surface area contributed by atoms with Crippen LogP contribution in [-0.4, -0.2) is 46.7 Å². The van der Waals surface area contributed by atoms with Gasteiger partial charge in [0.15, 0.2) is 5.78 Å². The minimum Gasteiger partial charge on any atom is -0.462 e. The largest absolute Gasteiger partial charge is 0.462 e. The van der Waals surface area contributed by atoms with E-state index in [1.54, 1.807) is 27.7 Å². The van der Waals surface area contributed by atoms with Crippen molar-refractivity contribution in [2.24, 2.45) is 0 Å². The van der Waals surface area contributed by atoms with Gasteiger partial charge in [-0.1, -0.05) is 19.1 Å². The molecule has 2 aromatic rings. The van der Waals surface area contributed by atoms with Crippen molar-refractivity contribution in [3.05, 3.63) is 58.2 Å². The number of Topliss-reactive ketones (excluding diaryl/α,β-unsaturated/α-hetero) is 1. The lowest BCUT2D eigenvalue weighted by atomic mass is 9.87. The van der Waals surface area contributed by atoms with Crippen LogP contribution in [0.3, 0.4) is 0 Å². The van der Waals surface area contributed by atoms with E-state index in [0.29, 0.717) is 16.8 Å². The van der Waals surface area contributed by atoms with Crippen molar-refractivity contribution in [2.75, 3.05) is 13.2 Å². The van der Waals surface area contributed by atoms with Crippen LogP contribution >= 0.6 is 0 Å². The van der Waals surface area contributed by atoms with Crippen molar-refractivity contribution in [3.8, 4) is 0 Å². The number of aryl methyl sites for hydroxylation is 1. The summed E-state index contributed by atoms with van der Waals surface area (Å²) in [4.78, 5) is 54.6. The van der Waals surface area contributed by atoms with Crippen LogP contribution in [0.5, 0.6) is 0 Å². The number of imide groups is 1. The van der Waals surface area contributed by atoms with E-state index < -0.39 is 41.6 Å². The second-order valence-electron chi connectivity index (χ2n) is 7.36. The number of hydrogen-bond donors (Lipinski definition) is 2. The highest BCUT2D eigenvalue weighted by molar-refractivity contribution is 6.12. The van der Waals surface area contributed by atoms with E-state index in [9.17, 15) is 23.6 Å². The third kappa shape index (κ3) is 3.71. The van der Waals surface area contributed by atoms with Crippen molar-refractivity contribution in [1.82, 2.24) is 15.2 Å². The Hall–Kier alpha value is -3.49. The number of esters is 1. The fourth-order valence-corrected chi connectivity index (χ4v) is 3.90. The molecule has 0 unspecified atom stereocenters. The number of halogens is 1. The van der Waals surface area contributed by atoms with Gasteiger partial charge in [-0.3, -0.25) is 14.5 Å². The molecule has 3 rings (SSSR count). The molecule has 0 aliphatic carbocycles. The average molecular weight is 429 g/mol. The number of amides is 3. The van der Waals surface area contributed by atoms with Crippen molar-refractivity contribution in [3.63, 3.8) is 0 Å². The minimum atomic E-state index is -1.37. The van der Waals surface area contributed by atoms with Crippen LogP contribution in [0.4, 0.5) is 9.18 Å². The van der Waals surface area contributed by atoms with Crippen LogP contribution in [0.1, 0.15) is 57.9 Å². The van der Waals surface area contributed by atoms with E-state index >= 15 is 0 Å². The molecule has 2 heterocycles. The van der Waals surface area contributed by atoms with Crippen LogP contribution in [0.25, 0.3) is 0 Å². The van der Waals surface area contributed by atoms with Gasteiger partial charge in [0.2, 0.25) is 0 Å². The number of benzene rings is 1. The number of carbonyl (C=O) groups is 4. The lowest BCUT2D eigenvalue weighted by Gasteiger charge is -2.25. The van der Waals surface area contributed by atoms with Crippen molar-refractivity contribution in [1.29, 1.82) is 0 Å². The molecule has 1 fully saturated rings. The summed E-state index contributed by atoms with van der Waals surface area (Å²) in [5.74, 6) is -2.13. The van der Waals surface area contributed by atoms with E-state index in [1.807, 2.05) is 0 Å². The first-order valence-electron chi connectivity index (χ1n) is 9.95. The molecule has 31 heavy (non-hydrogen) atoms. The summed E-state index contributed by atoms with van der Waals surface area (Å²) in [6.07, 6.45) is 0.224. The molecular formula is C22H24FN3O5. The van der Waals surface area contributed by atoms with Gasteiger partial charge in [-0.15, -0.1) is 0 Å². The molecule has 0 bridgehead atoms. The number of rotatable bonds is 7. The smallest absolute Gasteiger partial charge is 0.340 e. The molecule has 8 nitrogen and oxygen atoms in total. The molecule has 1 aliphatic rings. The molecule has 9 heteroatoms. The van der Waals surface area contributed by atoms with Crippen LogP contribution in [0.2, 0.25) is 0 Å². The van der Waals surface area contributed by atoms with E-state index in [4.69, 9.17) is 4.74 Å². The first kappa shape index (κ1) is 22.2. The van der Waals surface area contributed by atoms with Crippen molar-refractivity contribution in [2.45, 2.75) is 39.7 Å². The molecule has 1 saturated heterocycles. The zero-order valence-corrected chi connectivity index (χ0v) is 17.8. The molecule has 0 radical (unpaired) electrons. The minimum absolute atomic E-state index is 0.136. The second-order valence-corrected chi connectivity index (χ2v) is 7.36. The Morgan fingerprint density at radius 3 is 2.35 bits per heavy atom. The molecular weight excluding hydrogens is 405 g/mol. The van der Waals surface area contributed by atoms with E-state index in [2.05, 4.69) is 10.3 Å². The first-order valence-corrected chi connectivity index (χ1v) is 9.95. The lowest BCUT2D eigenvalue weighted by molar-refractivity contribution is -0.131. The zero-order valence-electron chi connectivity index (χ0n) is 17.8. The Kier molecular flexibility index (Phi) is 5.97. The number of H-pyrrole nitrogens is 1. The topological polar surface area (TPSA) is 109 Å². The molecule has 3 amide bonds. The molecule has 0 spiro atoms. The van der Waals surface area contributed by atoms with Gasteiger partial charge in [0.1, 0.15) is 11.4 Å². The summed E-state index contributed by atoms with van der Waals surface area (Å²) in [5, 5.41) is 2.65. The molecule has 1 atom stereocenters. The normalized spacial score (nSPS) is 18.3. The van der Waals surface area contributed by atoms with Crippen LogP contribution in [0.15, 0.2) is 24.3 Å². The third-order valence-corrected chi connectivity index (χ3v) is 5.54. The van der Waals surface area contributed by atoms with Gasteiger partial charge in [0, 0.05) is 5.69 Å². The fourth-order valence-electron chi connectivity index (χ4n) is 3.90. The number of aromatic amines is 1. The molecule has 164 valence electrons. The van der Waals surface area contributed by atoms with Crippen LogP contribution < -0.4 is 5.32 Å². The van der Waals surface area contributed by atoms with Gasteiger partial charge < -0.3 is 15.0 Å². The highest BCUT2D eigenvalue weighted by Gasteiger charge is 2.51. The third-order valence-electron chi connectivity index (χ3n) is 5.54. The maximum atomic E-state index is 13.3. The molecule has 1 aromatic carbocycles. The summed E-state index contributed by atoms with van der Waals surface area (Å²) in [6, 6.07) is 4.58. The van der Waals surface area contributed by atoms with Crippen molar-refractivity contribution >= 4 is 23.7 Å². The van der Waals surface area contributed by atoms with E-state index in [1.165, 1.54) is 24.3 Å². The standard InChI is InChI=1S/C22H24FN3O5/c1-5-22(14-7-9-15(23)10-8-14)20(29)26(21(30)25-22)11-16(27)18-12(3)17(13(4)24-18)19(28)31-6-2/h7-10,24H,5-6,11H2,1-4H3,(H,25,30)/t22-/m0/s1. The molecule has 1 aliphatic heterocycles. The number of aromatic nitrogens is 1. The average Bonchev–Trinajstić information content (AvgIpc) is 3.16. The number of carbonyl (C=O) groups excluding carboxylic acids is 4. The van der Waals surface area contributed by atoms with Crippen LogP contribution in [0, 0.1) is 19.7 Å². The molecule has 2 N–H and O–H groups in total. The Morgan fingerprint density at radius 2 is 1.77 bits per heavy atom. The Balaban J connectivity index is 1.88. The highest BCUT2D eigenvalue weighted by Crippen LogP contribution is 2.33. The highest BCUT2D eigenvalue weighted by atomic mass is 19.1. The number of nitrogens with zero attached hydrogens (tertiary/aromatic N) is 1. The Labute approximate surface area is 178 Å². The van der Waals surface area contributed by atoms with Gasteiger partial charge in [0.05, 0.1) is 24.4 Å². The van der Waals surface area contributed by atoms with Crippen LogP contribution in [-0.2, 0) is 15.1 Å². The monoisotopic (exact) mass is 429 g/mol. The zero-order chi connectivity index (χ0) is 22.9. The predicted molar refractivity (Wildman–Crippen MR) is 109 cm³/mol.